The van der Waals surface area contributed by atoms with E-state index in [1.165, 1.54) is 12.1 Å². The van der Waals surface area contributed by atoms with Gasteiger partial charge in [-0.3, -0.25) is 4.98 Å². The zero-order valence-electron chi connectivity index (χ0n) is 11.3. The van der Waals surface area contributed by atoms with Gasteiger partial charge in [-0.2, -0.15) is 0 Å². The number of aromatic nitrogens is 1. The molecule has 0 amide bonds. The minimum absolute atomic E-state index is 0.330. The average molecular weight is 279 g/mol. The molecule has 21 heavy (non-hydrogen) atoms. The van der Waals surface area contributed by atoms with Gasteiger partial charge in [-0.15, -0.1) is 0 Å². The number of nitrogens with zero attached hydrogens (tertiary/aromatic N) is 1. The number of aliphatic hydroxyl groups is 1. The molecule has 2 aromatic carbocycles. The van der Waals surface area contributed by atoms with Gasteiger partial charge in [0.25, 0.3) is 0 Å². The second kappa shape index (κ2) is 5.46. The Morgan fingerprint density at radius 1 is 0.714 bits per heavy atom. The van der Waals surface area contributed by atoms with Crippen molar-refractivity contribution in [1.82, 2.24) is 4.98 Å². The van der Waals surface area contributed by atoms with Gasteiger partial charge in [0, 0.05) is 12.4 Å². The summed E-state index contributed by atoms with van der Waals surface area (Å²) >= 11 is 0. The lowest BCUT2D eigenvalue weighted by Crippen LogP contribution is -2.28. The summed E-state index contributed by atoms with van der Waals surface area (Å²) in [6.45, 7) is 0. The van der Waals surface area contributed by atoms with Crippen LogP contribution in [0.1, 0.15) is 16.7 Å². The zero-order valence-corrected chi connectivity index (χ0v) is 11.3. The molecule has 0 saturated carbocycles. The number of benzene rings is 2. The van der Waals surface area contributed by atoms with Crippen LogP contribution in [0.4, 0.5) is 4.39 Å². The Kier molecular flexibility index (Phi) is 3.50. The number of pyridine rings is 1. The maximum absolute atomic E-state index is 13.2. The fraction of sp³-hybridized carbons (Fsp3) is 0.0556. The van der Waals surface area contributed by atoms with Gasteiger partial charge in [0.15, 0.2) is 0 Å². The Bertz CT molecular complexity index is 672. The third-order valence-electron chi connectivity index (χ3n) is 3.55. The van der Waals surface area contributed by atoms with Crippen LogP contribution in [0.25, 0.3) is 0 Å². The first-order valence-corrected chi connectivity index (χ1v) is 6.66. The highest BCUT2D eigenvalue weighted by atomic mass is 19.1. The van der Waals surface area contributed by atoms with Crippen LogP contribution in [-0.2, 0) is 5.60 Å². The summed E-state index contributed by atoms with van der Waals surface area (Å²) in [6.07, 6.45) is 3.26. The first kappa shape index (κ1) is 13.5. The van der Waals surface area contributed by atoms with Crippen LogP contribution in [0.3, 0.4) is 0 Å². The SMILES string of the molecule is OC(c1ccccc1)(c1ccncc1)c1ccc(F)cc1. The van der Waals surface area contributed by atoms with Gasteiger partial charge >= 0.3 is 0 Å². The molecule has 1 heterocycles. The summed E-state index contributed by atoms with van der Waals surface area (Å²) in [6, 6.07) is 18.7. The van der Waals surface area contributed by atoms with Crippen LogP contribution < -0.4 is 0 Å². The van der Waals surface area contributed by atoms with E-state index in [-0.39, 0.29) is 5.82 Å². The van der Waals surface area contributed by atoms with Gasteiger partial charge in [-0.25, -0.2) is 4.39 Å². The maximum Gasteiger partial charge on any atom is 0.140 e. The van der Waals surface area contributed by atoms with E-state index in [9.17, 15) is 9.50 Å². The molecule has 1 unspecified atom stereocenters. The summed E-state index contributed by atoms with van der Waals surface area (Å²) < 4.78 is 13.2. The first-order valence-electron chi connectivity index (χ1n) is 6.66. The summed E-state index contributed by atoms with van der Waals surface area (Å²) in [5.74, 6) is -0.330. The molecule has 1 aromatic heterocycles. The van der Waals surface area contributed by atoms with E-state index in [2.05, 4.69) is 4.98 Å². The molecule has 0 spiro atoms. The van der Waals surface area contributed by atoms with E-state index >= 15 is 0 Å². The van der Waals surface area contributed by atoms with Crippen LogP contribution >= 0.6 is 0 Å². The number of rotatable bonds is 3. The van der Waals surface area contributed by atoms with Crippen LogP contribution in [-0.4, -0.2) is 10.1 Å². The molecule has 0 fully saturated rings. The molecule has 3 rings (SSSR count). The van der Waals surface area contributed by atoms with Crippen molar-refractivity contribution in [2.24, 2.45) is 0 Å². The minimum Gasteiger partial charge on any atom is -0.376 e. The monoisotopic (exact) mass is 279 g/mol. The van der Waals surface area contributed by atoms with Crippen molar-refractivity contribution < 1.29 is 9.50 Å². The van der Waals surface area contributed by atoms with Crippen molar-refractivity contribution in [3.05, 3.63) is 102 Å². The fourth-order valence-electron chi connectivity index (χ4n) is 2.46. The Labute approximate surface area is 122 Å². The Morgan fingerprint density at radius 3 is 1.86 bits per heavy atom. The van der Waals surface area contributed by atoms with Crippen LogP contribution in [0.5, 0.6) is 0 Å². The van der Waals surface area contributed by atoms with Gasteiger partial charge < -0.3 is 5.11 Å². The highest BCUT2D eigenvalue weighted by molar-refractivity contribution is 5.46. The Balaban J connectivity index is 2.23. The van der Waals surface area contributed by atoms with Crippen molar-refractivity contribution in [3.8, 4) is 0 Å². The Morgan fingerprint density at radius 2 is 1.24 bits per heavy atom. The molecule has 0 aliphatic heterocycles. The van der Waals surface area contributed by atoms with Crippen molar-refractivity contribution in [1.29, 1.82) is 0 Å². The van der Waals surface area contributed by atoms with Gasteiger partial charge in [-0.05, 0) is 41.0 Å². The maximum atomic E-state index is 13.2. The lowest BCUT2D eigenvalue weighted by Gasteiger charge is -2.30. The van der Waals surface area contributed by atoms with Crippen LogP contribution in [0, 0.1) is 5.82 Å². The van der Waals surface area contributed by atoms with E-state index in [1.807, 2.05) is 30.3 Å². The summed E-state index contributed by atoms with van der Waals surface area (Å²) in [4.78, 5) is 3.99. The van der Waals surface area contributed by atoms with Gasteiger partial charge in [0.2, 0.25) is 0 Å². The minimum atomic E-state index is -1.34. The topological polar surface area (TPSA) is 33.1 Å². The average Bonchev–Trinajstić information content (AvgIpc) is 2.56. The third kappa shape index (κ3) is 2.43. The molecule has 1 atom stereocenters. The standard InChI is InChI=1S/C18H14FNO/c19-17-8-6-15(7-9-17)18(21,14-4-2-1-3-5-14)16-10-12-20-13-11-16/h1-13,21H. The Hall–Kier alpha value is -2.52. The molecular weight excluding hydrogens is 265 g/mol. The highest BCUT2D eigenvalue weighted by Gasteiger charge is 2.33. The summed E-state index contributed by atoms with van der Waals surface area (Å²) in [5, 5.41) is 11.4. The molecule has 3 aromatic rings. The number of hydrogen-bond donors (Lipinski definition) is 1. The van der Waals surface area contributed by atoms with E-state index in [1.54, 1.807) is 36.7 Å². The second-order valence-electron chi connectivity index (χ2n) is 4.82. The molecule has 2 nitrogen and oxygen atoms in total. The van der Waals surface area contributed by atoms with E-state index < -0.39 is 5.60 Å². The lowest BCUT2D eigenvalue weighted by atomic mass is 9.81. The van der Waals surface area contributed by atoms with Gasteiger partial charge in [0.05, 0.1) is 0 Å². The fourth-order valence-corrected chi connectivity index (χ4v) is 2.46. The smallest absolute Gasteiger partial charge is 0.140 e. The first-order chi connectivity index (χ1) is 10.2. The predicted octanol–water partition coefficient (Wildman–Crippen LogP) is 3.50. The largest absolute Gasteiger partial charge is 0.376 e. The molecule has 0 saturated heterocycles. The molecule has 0 bridgehead atoms. The normalized spacial score (nSPS) is 13.6. The molecule has 1 N–H and O–H groups in total. The quantitative estimate of drug-likeness (QED) is 0.796. The van der Waals surface area contributed by atoms with Gasteiger partial charge in [-0.1, -0.05) is 42.5 Å². The zero-order chi connectivity index (χ0) is 14.7. The second-order valence-corrected chi connectivity index (χ2v) is 4.82. The van der Waals surface area contributed by atoms with Crippen LogP contribution in [0.15, 0.2) is 79.1 Å². The summed E-state index contributed by atoms with van der Waals surface area (Å²) in [5.41, 5.74) is 0.692. The van der Waals surface area contributed by atoms with E-state index in [0.29, 0.717) is 11.1 Å². The lowest BCUT2D eigenvalue weighted by molar-refractivity contribution is 0.125. The molecule has 3 heteroatoms. The van der Waals surface area contributed by atoms with E-state index in [4.69, 9.17) is 0 Å². The van der Waals surface area contributed by atoms with Crippen molar-refractivity contribution in [3.63, 3.8) is 0 Å². The molecule has 0 aliphatic carbocycles. The van der Waals surface area contributed by atoms with Crippen molar-refractivity contribution in [2.45, 2.75) is 5.60 Å². The summed E-state index contributed by atoms with van der Waals surface area (Å²) in [7, 11) is 0. The molecular formula is C18H14FNO. The molecule has 0 aliphatic rings. The molecule has 0 radical (unpaired) electrons. The third-order valence-corrected chi connectivity index (χ3v) is 3.55. The van der Waals surface area contributed by atoms with Crippen molar-refractivity contribution >= 4 is 0 Å². The predicted molar refractivity (Wildman–Crippen MR) is 79.2 cm³/mol. The van der Waals surface area contributed by atoms with Crippen LogP contribution in [0.2, 0.25) is 0 Å². The number of hydrogen-bond acceptors (Lipinski definition) is 2. The molecule has 104 valence electrons. The van der Waals surface area contributed by atoms with Gasteiger partial charge in [0.1, 0.15) is 11.4 Å². The van der Waals surface area contributed by atoms with E-state index in [0.717, 1.165) is 5.56 Å². The van der Waals surface area contributed by atoms with Crippen molar-refractivity contribution in [2.75, 3.05) is 0 Å². The number of halogens is 1. The highest BCUT2D eigenvalue weighted by Crippen LogP contribution is 2.36.